The Bertz CT molecular complexity index is 448. The van der Waals surface area contributed by atoms with Gasteiger partial charge in [-0.2, -0.15) is 0 Å². The van der Waals surface area contributed by atoms with E-state index in [1.165, 1.54) is 0 Å². The summed E-state index contributed by atoms with van der Waals surface area (Å²) in [5.41, 5.74) is 1.07. The molecule has 0 atom stereocenters. The van der Waals surface area contributed by atoms with E-state index in [0.717, 1.165) is 5.56 Å². The van der Waals surface area contributed by atoms with Crippen LogP contribution in [0.4, 0.5) is 0 Å². The predicted molar refractivity (Wildman–Crippen MR) is 66.1 cm³/mol. The van der Waals surface area contributed by atoms with Crippen molar-refractivity contribution in [2.24, 2.45) is 0 Å². The summed E-state index contributed by atoms with van der Waals surface area (Å²) >= 11 is 11.9. The summed E-state index contributed by atoms with van der Waals surface area (Å²) in [6.45, 7) is 0.449. The van der Waals surface area contributed by atoms with Gasteiger partial charge in [-0.05, 0) is 23.8 Å². The summed E-state index contributed by atoms with van der Waals surface area (Å²) < 4.78 is 5.57. The molecule has 2 rings (SSSR count). The zero-order valence-corrected chi connectivity index (χ0v) is 9.92. The quantitative estimate of drug-likeness (QED) is 0.787. The molecule has 0 bridgehead atoms. The third-order valence-electron chi connectivity index (χ3n) is 2.08. The molecule has 0 aromatic heterocycles. The lowest BCUT2D eigenvalue weighted by Crippen LogP contribution is -1.96. The monoisotopic (exact) mass is 251 g/mol. The van der Waals surface area contributed by atoms with Gasteiger partial charge in [-0.25, -0.2) is 0 Å². The Morgan fingerprint density at radius 3 is 2.25 bits per heavy atom. The Balaban J connectivity index is 2.11. The SMILES string of the molecule is Clc1c[c]cc(Cl)c1OCc1ccccc1. The molecular weight excluding hydrogens is 243 g/mol. The van der Waals surface area contributed by atoms with E-state index in [4.69, 9.17) is 27.9 Å². The van der Waals surface area contributed by atoms with Crippen molar-refractivity contribution in [3.63, 3.8) is 0 Å². The molecule has 3 heteroatoms. The van der Waals surface area contributed by atoms with Crippen LogP contribution in [-0.2, 0) is 6.61 Å². The molecule has 16 heavy (non-hydrogen) atoms. The van der Waals surface area contributed by atoms with Crippen molar-refractivity contribution in [2.45, 2.75) is 6.61 Å². The molecule has 2 aromatic carbocycles. The van der Waals surface area contributed by atoms with Crippen LogP contribution in [0.3, 0.4) is 0 Å². The zero-order chi connectivity index (χ0) is 11.4. The smallest absolute Gasteiger partial charge is 0.157 e. The maximum absolute atomic E-state index is 5.96. The van der Waals surface area contributed by atoms with Gasteiger partial charge in [0.15, 0.2) is 5.75 Å². The largest absolute Gasteiger partial charge is 0.486 e. The molecule has 0 saturated carbocycles. The maximum Gasteiger partial charge on any atom is 0.157 e. The zero-order valence-electron chi connectivity index (χ0n) is 8.41. The molecule has 1 radical (unpaired) electrons. The van der Waals surface area contributed by atoms with Crippen LogP contribution in [0.1, 0.15) is 5.56 Å². The van der Waals surface area contributed by atoms with Gasteiger partial charge in [0.1, 0.15) is 6.61 Å². The first-order valence-electron chi connectivity index (χ1n) is 4.79. The third kappa shape index (κ3) is 2.69. The minimum absolute atomic E-state index is 0.449. The molecule has 2 aromatic rings. The van der Waals surface area contributed by atoms with Crippen LogP contribution in [0.15, 0.2) is 42.5 Å². The molecule has 0 N–H and O–H groups in total. The van der Waals surface area contributed by atoms with Crippen molar-refractivity contribution in [2.75, 3.05) is 0 Å². The summed E-state index contributed by atoms with van der Waals surface area (Å²) in [6.07, 6.45) is 0. The average Bonchev–Trinajstić information content (AvgIpc) is 2.30. The lowest BCUT2D eigenvalue weighted by Gasteiger charge is -2.09. The summed E-state index contributed by atoms with van der Waals surface area (Å²) in [4.78, 5) is 0. The molecule has 0 heterocycles. The molecule has 0 aliphatic heterocycles. The van der Waals surface area contributed by atoms with Crippen molar-refractivity contribution in [3.05, 3.63) is 64.1 Å². The van der Waals surface area contributed by atoms with Crippen molar-refractivity contribution in [1.82, 2.24) is 0 Å². The molecular formula is C13H9Cl2O. The maximum atomic E-state index is 5.96. The summed E-state index contributed by atoms with van der Waals surface area (Å²) in [5.74, 6) is 0.505. The minimum Gasteiger partial charge on any atom is -0.486 e. The van der Waals surface area contributed by atoms with E-state index in [-0.39, 0.29) is 0 Å². The summed E-state index contributed by atoms with van der Waals surface area (Å²) in [6, 6.07) is 15.9. The molecule has 0 saturated heterocycles. The van der Waals surface area contributed by atoms with Gasteiger partial charge in [-0.1, -0.05) is 53.5 Å². The molecule has 0 unspecified atom stereocenters. The highest BCUT2D eigenvalue weighted by Crippen LogP contribution is 2.32. The van der Waals surface area contributed by atoms with E-state index < -0.39 is 0 Å². The van der Waals surface area contributed by atoms with Crippen LogP contribution in [0.2, 0.25) is 10.0 Å². The second-order valence-electron chi connectivity index (χ2n) is 3.25. The Labute approximate surface area is 105 Å². The Hall–Kier alpha value is -1.18. The van der Waals surface area contributed by atoms with Crippen LogP contribution >= 0.6 is 23.2 Å². The first-order valence-corrected chi connectivity index (χ1v) is 5.55. The second kappa shape index (κ2) is 5.24. The van der Waals surface area contributed by atoms with Crippen LogP contribution in [0.5, 0.6) is 5.75 Å². The van der Waals surface area contributed by atoms with E-state index in [1.807, 2.05) is 30.3 Å². The first-order chi connectivity index (χ1) is 7.77. The second-order valence-corrected chi connectivity index (χ2v) is 4.07. The highest BCUT2D eigenvalue weighted by atomic mass is 35.5. The predicted octanol–water partition coefficient (Wildman–Crippen LogP) is 4.37. The molecule has 0 aliphatic rings. The number of hydrogen-bond donors (Lipinski definition) is 0. The van der Waals surface area contributed by atoms with Crippen molar-refractivity contribution >= 4 is 23.2 Å². The molecule has 0 spiro atoms. The first kappa shape index (κ1) is 11.3. The molecule has 81 valence electrons. The van der Waals surface area contributed by atoms with E-state index in [9.17, 15) is 0 Å². The highest BCUT2D eigenvalue weighted by molar-refractivity contribution is 6.37. The standard InChI is InChI=1S/C13H9Cl2O/c14-11-7-4-8-12(15)13(11)16-9-10-5-2-1-3-6-10/h1-3,5-8H,9H2. The Kier molecular flexibility index (Phi) is 3.70. The molecule has 0 amide bonds. The lowest BCUT2D eigenvalue weighted by atomic mass is 10.2. The van der Waals surface area contributed by atoms with E-state index >= 15 is 0 Å². The third-order valence-corrected chi connectivity index (χ3v) is 2.64. The Morgan fingerprint density at radius 2 is 1.62 bits per heavy atom. The summed E-state index contributed by atoms with van der Waals surface area (Å²) in [5, 5.41) is 0.951. The fourth-order valence-corrected chi connectivity index (χ4v) is 1.79. The van der Waals surface area contributed by atoms with Crippen LogP contribution in [-0.4, -0.2) is 0 Å². The van der Waals surface area contributed by atoms with Gasteiger partial charge >= 0.3 is 0 Å². The van der Waals surface area contributed by atoms with Gasteiger partial charge in [0.05, 0.1) is 10.0 Å². The number of halogens is 2. The van der Waals surface area contributed by atoms with Crippen LogP contribution in [0.25, 0.3) is 0 Å². The highest BCUT2D eigenvalue weighted by Gasteiger charge is 2.06. The normalized spacial score (nSPS) is 10.1. The van der Waals surface area contributed by atoms with Crippen LogP contribution in [0, 0.1) is 6.07 Å². The van der Waals surface area contributed by atoms with Gasteiger partial charge in [0.2, 0.25) is 0 Å². The molecule has 0 aliphatic carbocycles. The van der Waals surface area contributed by atoms with E-state index in [2.05, 4.69) is 6.07 Å². The van der Waals surface area contributed by atoms with Gasteiger partial charge in [0, 0.05) is 0 Å². The number of rotatable bonds is 3. The Morgan fingerprint density at radius 1 is 1.00 bits per heavy atom. The van der Waals surface area contributed by atoms with Gasteiger partial charge in [-0.15, -0.1) is 0 Å². The molecule has 0 fully saturated rings. The average molecular weight is 252 g/mol. The van der Waals surface area contributed by atoms with E-state index in [1.54, 1.807) is 12.1 Å². The van der Waals surface area contributed by atoms with Crippen molar-refractivity contribution < 1.29 is 4.74 Å². The van der Waals surface area contributed by atoms with Crippen molar-refractivity contribution in [3.8, 4) is 5.75 Å². The van der Waals surface area contributed by atoms with Gasteiger partial charge < -0.3 is 4.74 Å². The topological polar surface area (TPSA) is 9.23 Å². The molecule has 1 nitrogen and oxygen atoms in total. The number of benzene rings is 2. The van der Waals surface area contributed by atoms with Crippen LogP contribution < -0.4 is 4.74 Å². The lowest BCUT2D eigenvalue weighted by molar-refractivity contribution is 0.306. The fraction of sp³-hybridized carbons (Fsp3) is 0.0769. The van der Waals surface area contributed by atoms with Crippen molar-refractivity contribution in [1.29, 1.82) is 0 Å². The number of hydrogen-bond acceptors (Lipinski definition) is 1. The number of ether oxygens (including phenoxy) is 1. The summed E-state index contributed by atoms with van der Waals surface area (Å²) in [7, 11) is 0. The fourth-order valence-electron chi connectivity index (χ4n) is 1.30. The van der Waals surface area contributed by atoms with Gasteiger partial charge in [-0.3, -0.25) is 0 Å². The van der Waals surface area contributed by atoms with E-state index in [0.29, 0.717) is 22.4 Å². The minimum atomic E-state index is 0.449. The van der Waals surface area contributed by atoms with Gasteiger partial charge in [0.25, 0.3) is 0 Å².